The number of benzene rings is 1. The summed E-state index contributed by atoms with van der Waals surface area (Å²) in [5, 5.41) is 3.55. The second kappa shape index (κ2) is 9.97. The van der Waals surface area contributed by atoms with Crippen LogP contribution in [0.4, 0.5) is 0 Å². The largest absolute Gasteiger partial charge is 0.493 e. The van der Waals surface area contributed by atoms with Gasteiger partial charge in [-0.15, -0.1) is 11.3 Å². The van der Waals surface area contributed by atoms with Gasteiger partial charge in [-0.1, -0.05) is 6.07 Å². The van der Waals surface area contributed by atoms with E-state index in [9.17, 15) is 4.79 Å². The molecule has 0 atom stereocenters. The smallest absolute Gasteiger partial charge is 0.263 e. The average Bonchev–Trinajstić information content (AvgIpc) is 3.24. The van der Waals surface area contributed by atoms with E-state index in [4.69, 9.17) is 9.47 Å². The third-order valence-corrected chi connectivity index (χ3v) is 5.74. The van der Waals surface area contributed by atoms with Gasteiger partial charge in [0.15, 0.2) is 22.3 Å². The van der Waals surface area contributed by atoms with Crippen molar-refractivity contribution in [3.05, 3.63) is 82.9 Å². The first-order valence-corrected chi connectivity index (χ1v) is 10.7. The number of ether oxygens (including phenoxy) is 2. The topological polar surface area (TPSA) is 99.1 Å². The molecule has 4 aromatic rings. The lowest BCUT2D eigenvalue weighted by atomic mass is 10.2. The number of hydrogen-bond acceptors (Lipinski definition) is 8. The quantitative estimate of drug-likeness (QED) is 0.438. The van der Waals surface area contributed by atoms with Crippen molar-refractivity contribution in [2.24, 2.45) is 0 Å². The highest BCUT2D eigenvalue weighted by Crippen LogP contribution is 2.29. The molecule has 0 saturated carbocycles. The zero-order valence-electron chi connectivity index (χ0n) is 17.6. The lowest BCUT2D eigenvalue weighted by molar-refractivity contribution is 0.0954. The number of carbonyl (C=O) groups is 1. The summed E-state index contributed by atoms with van der Waals surface area (Å²) in [5.41, 5.74) is 2.55. The van der Waals surface area contributed by atoms with Gasteiger partial charge in [0.05, 0.1) is 12.8 Å². The highest BCUT2D eigenvalue weighted by Gasteiger charge is 2.17. The van der Waals surface area contributed by atoms with Gasteiger partial charge in [0.2, 0.25) is 0 Å². The lowest BCUT2D eigenvalue weighted by Crippen LogP contribution is -2.22. The molecule has 0 unspecified atom stereocenters. The van der Waals surface area contributed by atoms with Crippen LogP contribution in [0.1, 0.15) is 26.5 Å². The Hall–Kier alpha value is -3.85. The van der Waals surface area contributed by atoms with Gasteiger partial charge in [-0.05, 0) is 48.4 Å². The molecular formula is C23H21N5O3S. The van der Waals surface area contributed by atoms with Gasteiger partial charge in [-0.2, -0.15) is 0 Å². The molecule has 0 saturated heterocycles. The third-order valence-electron chi connectivity index (χ3n) is 4.58. The van der Waals surface area contributed by atoms with E-state index >= 15 is 0 Å². The molecule has 0 spiro atoms. The first-order chi connectivity index (χ1) is 15.6. The van der Waals surface area contributed by atoms with Crippen LogP contribution in [0.15, 0.2) is 61.2 Å². The van der Waals surface area contributed by atoms with Crippen LogP contribution in [0.25, 0.3) is 10.8 Å². The molecule has 4 rings (SSSR count). The van der Waals surface area contributed by atoms with E-state index in [1.54, 1.807) is 44.9 Å². The Balaban J connectivity index is 1.40. The molecule has 0 radical (unpaired) electrons. The van der Waals surface area contributed by atoms with Crippen LogP contribution in [-0.4, -0.2) is 33.0 Å². The van der Waals surface area contributed by atoms with E-state index in [0.717, 1.165) is 11.1 Å². The normalized spacial score (nSPS) is 10.6. The second-order valence-corrected chi connectivity index (χ2v) is 7.82. The van der Waals surface area contributed by atoms with Gasteiger partial charge in [0.25, 0.3) is 5.91 Å². The summed E-state index contributed by atoms with van der Waals surface area (Å²) in [6.07, 6.45) is 6.75. The number of nitrogens with one attached hydrogen (secondary N) is 1. The average molecular weight is 448 g/mol. The van der Waals surface area contributed by atoms with E-state index in [1.807, 2.05) is 30.3 Å². The van der Waals surface area contributed by atoms with E-state index < -0.39 is 0 Å². The molecule has 32 heavy (non-hydrogen) atoms. The van der Waals surface area contributed by atoms with Gasteiger partial charge in [0, 0.05) is 31.3 Å². The number of pyridine rings is 1. The number of aromatic nitrogens is 4. The van der Waals surface area contributed by atoms with Crippen molar-refractivity contribution in [1.82, 2.24) is 25.3 Å². The Labute approximate surface area is 189 Å². The van der Waals surface area contributed by atoms with Crippen molar-refractivity contribution >= 4 is 17.2 Å². The number of aryl methyl sites for hydroxylation is 1. The summed E-state index contributed by atoms with van der Waals surface area (Å²) in [6, 6.07) is 11.1. The molecule has 1 aromatic carbocycles. The minimum atomic E-state index is -0.195. The number of amides is 1. The standard InChI is InChI=1S/C23H21N5O3S/c1-15-20(32-23(28-15)21-25-8-3-9-26-21)22(29)27-13-17-4-5-18(19(12-17)30-2)31-14-16-6-10-24-11-7-16/h3-12H,13-14H2,1-2H3,(H,27,29). The predicted octanol–water partition coefficient (Wildman–Crippen LogP) is 3.82. The van der Waals surface area contributed by atoms with Gasteiger partial charge < -0.3 is 14.8 Å². The molecule has 8 nitrogen and oxygen atoms in total. The van der Waals surface area contributed by atoms with E-state index in [1.165, 1.54) is 11.3 Å². The van der Waals surface area contributed by atoms with Gasteiger partial charge >= 0.3 is 0 Å². The van der Waals surface area contributed by atoms with E-state index in [0.29, 0.717) is 46.1 Å². The summed E-state index contributed by atoms with van der Waals surface area (Å²) in [5.74, 6) is 1.54. The molecule has 0 aliphatic heterocycles. The number of carbonyl (C=O) groups excluding carboxylic acids is 1. The molecule has 9 heteroatoms. The predicted molar refractivity (Wildman–Crippen MR) is 121 cm³/mol. The Morgan fingerprint density at radius 3 is 2.56 bits per heavy atom. The summed E-state index contributed by atoms with van der Waals surface area (Å²) >= 11 is 1.27. The zero-order chi connectivity index (χ0) is 22.3. The molecule has 3 aromatic heterocycles. The first-order valence-electron chi connectivity index (χ1n) is 9.85. The maximum absolute atomic E-state index is 12.7. The maximum Gasteiger partial charge on any atom is 0.263 e. The van der Waals surface area contributed by atoms with Crippen LogP contribution in [0, 0.1) is 6.92 Å². The third kappa shape index (κ3) is 5.06. The Morgan fingerprint density at radius 2 is 1.81 bits per heavy atom. The van der Waals surface area contributed by atoms with Crippen molar-refractivity contribution in [2.45, 2.75) is 20.1 Å². The molecule has 0 aliphatic rings. The monoisotopic (exact) mass is 447 g/mol. The van der Waals surface area contributed by atoms with Crippen LogP contribution in [-0.2, 0) is 13.2 Å². The van der Waals surface area contributed by atoms with Crippen molar-refractivity contribution in [2.75, 3.05) is 7.11 Å². The van der Waals surface area contributed by atoms with E-state index in [2.05, 4.69) is 25.3 Å². The van der Waals surface area contributed by atoms with E-state index in [-0.39, 0.29) is 5.91 Å². The fourth-order valence-electron chi connectivity index (χ4n) is 2.96. The lowest BCUT2D eigenvalue weighted by Gasteiger charge is -2.12. The SMILES string of the molecule is COc1cc(CNC(=O)c2sc(-c3ncccn3)nc2C)ccc1OCc1ccncc1. The fraction of sp³-hybridized carbons (Fsp3) is 0.174. The highest BCUT2D eigenvalue weighted by molar-refractivity contribution is 7.17. The Kier molecular flexibility index (Phi) is 6.66. The van der Waals surface area contributed by atoms with Crippen LogP contribution in [0.3, 0.4) is 0 Å². The summed E-state index contributed by atoms with van der Waals surface area (Å²) in [6.45, 7) is 2.55. The number of thiazole rings is 1. The Morgan fingerprint density at radius 1 is 1.03 bits per heavy atom. The number of hydrogen-bond donors (Lipinski definition) is 1. The van der Waals surface area contributed by atoms with Crippen molar-refractivity contribution < 1.29 is 14.3 Å². The number of nitrogens with zero attached hydrogens (tertiary/aromatic N) is 4. The van der Waals surface area contributed by atoms with Crippen molar-refractivity contribution in [3.8, 4) is 22.3 Å². The molecule has 3 heterocycles. The minimum Gasteiger partial charge on any atom is -0.493 e. The summed E-state index contributed by atoms with van der Waals surface area (Å²) < 4.78 is 11.3. The molecule has 162 valence electrons. The summed E-state index contributed by atoms with van der Waals surface area (Å²) in [4.78, 5) is 30.1. The molecule has 0 bridgehead atoms. The van der Waals surface area contributed by atoms with Crippen LogP contribution in [0.2, 0.25) is 0 Å². The van der Waals surface area contributed by atoms with Crippen LogP contribution in [0.5, 0.6) is 11.5 Å². The van der Waals surface area contributed by atoms with Crippen molar-refractivity contribution in [1.29, 1.82) is 0 Å². The zero-order valence-corrected chi connectivity index (χ0v) is 18.4. The summed E-state index contributed by atoms with van der Waals surface area (Å²) in [7, 11) is 1.59. The van der Waals surface area contributed by atoms with Crippen LogP contribution < -0.4 is 14.8 Å². The highest BCUT2D eigenvalue weighted by atomic mass is 32.1. The molecule has 1 amide bonds. The molecule has 0 aliphatic carbocycles. The maximum atomic E-state index is 12.7. The molecule has 0 fully saturated rings. The molecular weight excluding hydrogens is 426 g/mol. The van der Waals surface area contributed by atoms with Gasteiger partial charge in [-0.3, -0.25) is 9.78 Å². The fourth-order valence-corrected chi connectivity index (χ4v) is 3.89. The molecule has 1 N–H and O–H groups in total. The van der Waals surface area contributed by atoms with Gasteiger partial charge in [0.1, 0.15) is 11.5 Å². The second-order valence-electron chi connectivity index (χ2n) is 6.82. The Bertz CT molecular complexity index is 1200. The van der Waals surface area contributed by atoms with Crippen LogP contribution >= 0.6 is 11.3 Å². The minimum absolute atomic E-state index is 0.195. The first kappa shape index (κ1) is 21.4. The van der Waals surface area contributed by atoms with Crippen molar-refractivity contribution in [3.63, 3.8) is 0 Å². The van der Waals surface area contributed by atoms with Gasteiger partial charge in [-0.25, -0.2) is 15.0 Å². The number of rotatable bonds is 8. The number of methoxy groups -OCH3 is 1.